The van der Waals surface area contributed by atoms with E-state index >= 15 is 0 Å². The summed E-state index contributed by atoms with van der Waals surface area (Å²) < 4.78 is 25.4. The van der Waals surface area contributed by atoms with Crippen LogP contribution in [0.15, 0.2) is 23.1 Å². The minimum absolute atomic E-state index is 0.0518. The number of aryl methyl sites for hydroxylation is 2. The van der Waals surface area contributed by atoms with Crippen LogP contribution >= 0.6 is 0 Å². The molecule has 3 nitrogen and oxygen atoms in total. The van der Waals surface area contributed by atoms with Gasteiger partial charge < -0.3 is 5.32 Å². The van der Waals surface area contributed by atoms with Gasteiger partial charge in [-0.15, -0.1) is 0 Å². The van der Waals surface area contributed by atoms with Gasteiger partial charge in [-0.1, -0.05) is 33.8 Å². The van der Waals surface area contributed by atoms with Gasteiger partial charge in [0.25, 0.3) is 0 Å². The maximum atomic E-state index is 12.7. The van der Waals surface area contributed by atoms with Gasteiger partial charge in [-0.25, -0.2) is 8.42 Å². The fraction of sp³-hybridized carbons (Fsp3) is 0.647. The summed E-state index contributed by atoms with van der Waals surface area (Å²) in [7, 11) is -3.27. The van der Waals surface area contributed by atoms with Crippen molar-refractivity contribution in [2.75, 3.05) is 12.3 Å². The van der Waals surface area contributed by atoms with Gasteiger partial charge in [0.1, 0.15) is 0 Å². The Morgan fingerprint density at radius 3 is 2.24 bits per heavy atom. The molecule has 0 heterocycles. The van der Waals surface area contributed by atoms with Crippen molar-refractivity contribution in [3.05, 3.63) is 29.3 Å². The van der Waals surface area contributed by atoms with Crippen molar-refractivity contribution in [1.29, 1.82) is 0 Å². The smallest absolute Gasteiger partial charge is 0.179 e. The summed E-state index contributed by atoms with van der Waals surface area (Å²) in [6.45, 7) is 13.1. The number of rotatable bonds is 6. The third kappa shape index (κ3) is 5.11. The van der Waals surface area contributed by atoms with Crippen LogP contribution in [0.2, 0.25) is 0 Å². The molecule has 0 aromatic heterocycles. The molecular weight excluding hydrogens is 282 g/mol. The van der Waals surface area contributed by atoms with Gasteiger partial charge in [0.15, 0.2) is 9.84 Å². The van der Waals surface area contributed by atoms with E-state index in [0.717, 1.165) is 24.1 Å². The van der Waals surface area contributed by atoms with E-state index in [1.807, 2.05) is 19.9 Å². The zero-order valence-corrected chi connectivity index (χ0v) is 15.0. The van der Waals surface area contributed by atoms with Crippen LogP contribution in [-0.2, 0) is 9.84 Å². The lowest BCUT2D eigenvalue weighted by Gasteiger charge is -2.31. The molecule has 4 heteroatoms. The Morgan fingerprint density at radius 1 is 1.14 bits per heavy atom. The normalized spacial score (nSPS) is 14.2. The zero-order valence-electron chi connectivity index (χ0n) is 14.2. The van der Waals surface area contributed by atoms with Gasteiger partial charge >= 0.3 is 0 Å². The summed E-state index contributed by atoms with van der Waals surface area (Å²) in [5.41, 5.74) is 2.04. The van der Waals surface area contributed by atoms with Crippen molar-refractivity contribution in [3.8, 4) is 0 Å². The molecule has 0 spiro atoms. The Balaban J connectivity index is 3.02. The van der Waals surface area contributed by atoms with Crippen molar-refractivity contribution in [1.82, 2.24) is 5.32 Å². The molecule has 1 aromatic rings. The molecule has 0 fully saturated rings. The Bertz CT molecular complexity index is 571. The molecule has 120 valence electrons. The van der Waals surface area contributed by atoms with Crippen LogP contribution in [0.1, 0.15) is 45.2 Å². The van der Waals surface area contributed by atoms with E-state index in [-0.39, 0.29) is 17.2 Å². The fourth-order valence-electron chi connectivity index (χ4n) is 2.16. The van der Waals surface area contributed by atoms with Crippen LogP contribution in [0, 0.1) is 19.3 Å². The first-order chi connectivity index (χ1) is 9.58. The van der Waals surface area contributed by atoms with Crippen LogP contribution in [-0.4, -0.2) is 26.8 Å². The molecule has 1 unspecified atom stereocenters. The van der Waals surface area contributed by atoms with E-state index in [0.29, 0.717) is 4.90 Å². The molecule has 0 saturated heterocycles. The summed E-state index contributed by atoms with van der Waals surface area (Å²) in [4.78, 5) is 0.429. The largest absolute Gasteiger partial charge is 0.312 e. The van der Waals surface area contributed by atoms with E-state index in [2.05, 4.69) is 33.0 Å². The molecule has 1 N–H and O–H groups in total. The van der Waals surface area contributed by atoms with Crippen molar-refractivity contribution in [2.45, 2.75) is 58.9 Å². The van der Waals surface area contributed by atoms with Crippen molar-refractivity contribution in [2.24, 2.45) is 5.41 Å². The van der Waals surface area contributed by atoms with Gasteiger partial charge in [0, 0.05) is 6.04 Å². The fourth-order valence-corrected chi connectivity index (χ4v) is 4.04. The van der Waals surface area contributed by atoms with Gasteiger partial charge in [0.05, 0.1) is 10.6 Å². The Kier molecular flexibility index (Phi) is 6.00. The second-order valence-corrected chi connectivity index (χ2v) is 8.93. The third-order valence-electron chi connectivity index (χ3n) is 3.91. The maximum absolute atomic E-state index is 12.7. The number of hydrogen-bond acceptors (Lipinski definition) is 3. The predicted octanol–water partition coefficient (Wildman–Crippen LogP) is 3.49. The Hall–Kier alpha value is -0.870. The maximum Gasteiger partial charge on any atom is 0.179 e. The molecule has 1 aromatic carbocycles. The van der Waals surface area contributed by atoms with Gasteiger partial charge in [-0.3, -0.25) is 0 Å². The first-order valence-electron chi connectivity index (χ1n) is 7.61. The lowest BCUT2D eigenvalue weighted by atomic mass is 9.88. The standard InChI is InChI=1S/C17H29NO2S/c1-7-10-18-16(17(4,5)6)12-21(19,20)15-9-8-13(2)14(3)11-15/h8-9,11,16,18H,7,10,12H2,1-6H3. The van der Waals surface area contributed by atoms with Crippen LogP contribution in [0.25, 0.3) is 0 Å². The lowest BCUT2D eigenvalue weighted by molar-refractivity contribution is 0.288. The van der Waals surface area contributed by atoms with Crippen LogP contribution < -0.4 is 5.32 Å². The number of sulfone groups is 1. The molecule has 0 aliphatic carbocycles. The summed E-state index contributed by atoms with van der Waals surface area (Å²) in [5, 5.41) is 3.38. The summed E-state index contributed by atoms with van der Waals surface area (Å²) in [5.74, 6) is 0.138. The molecule has 0 saturated carbocycles. The highest BCUT2D eigenvalue weighted by molar-refractivity contribution is 7.91. The summed E-state index contributed by atoms with van der Waals surface area (Å²) in [6, 6.07) is 5.33. The van der Waals surface area contributed by atoms with Crippen LogP contribution in [0.3, 0.4) is 0 Å². The van der Waals surface area contributed by atoms with E-state index in [1.54, 1.807) is 12.1 Å². The molecule has 0 aliphatic heterocycles. The molecule has 0 amide bonds. The SMILES string of the molecule is CCCNC(CS(=O)(=O)c1ccc(C)c(C)c1)C(C)(C)C. The van der Waals surface area contributed by atoms with Crippen LogP contribution in [0.4, 0.5) is 0 Å². The second-order valence-electron chi connectivity index (χ2n) is 6.90. The molecule has 0 bridgehead atoms. The predicted molar refractivity (Wildman–Crippen MR) is 89.5 cm³/mol. The average Bonchev–Trinajstić information content (AvgIpc) is 2.36. The number of nitrogens with one attached hydrogen (secondary N) is 1. The topological polar surface area (TPSA) is 46.2 Å². The first kappa shape index (κ1) is 18.2. The van der Waals surface area contributed by atoms with E-state index in [1.165, 1.54) is 0 Å². The summed E-state index contributed by atoms with van der Waals surface area (Å²) in [6.07, 6.45) is 0.996. The van der Waals surface area contributed by atoms with Crippen molar-refractivity contribution >= 4 is 9.84 Å². The second kappa shape index (κ2) is 6.93. The molecule has 1 rings (SSSR count). The minimum atomic E-state index is -3.27. The minimum Gasteiger partial charge on any atom is -0.312 e. The average molecular weight is 311 g/mol. The van der Waals surface area contributed by atoms with E-state index in [4.69, 9.17) is 0 Å². The quantitative estimate of drug-likeness (QED) is 0.874. The van der Waals surface area contributed by atoms with Gasteiger partial charge in [0.2, 0.25) is 0 Å². The molecular formula is C17H29NO2S. The van der Waals surface area contributed by atoms with E-state index < -0.39 is 9.84 Å². The summed E-state index contributed by atoms with van der Waals surface area (Å²) >= 11 is 0. The molecule has 0 radical (unpaired) electrons. The molecule has 21 heavy (non-hydrogen) atoms. The Labute approximate surface area is 130 Å². The number of hydrogen-bond donors (Lipinski definition) is 1. The van der Waals surface area contributed by atoms with Gasteiger partial charge in [-0.05, 0) is 55.5 Å². The zero-order chi connectivity index (χ0) is 16.3. The third-order valence-corrected chi connectivity index (χ3v) is 5.65. The van der Waals surface area contributed by atoms with Crippen molar-refractivity contribution < 1.29 is 8.42 Å². The van der Waals surface area contributed by atoms with E-state index in [9.17, 15) is 8.42 Å². The lowest BCUT2D eigenvalue weighted by Crippen LogP contribution is -2.45. The monoisotopic (exact) mass is 311 g/mol. The highest BCUT2D eigenvalue weighted by Crippen LogP contribution is 2.24. The highest BCUT2D eigenvalue weighted by atomic mass is 32.2. The highest BCUT2D eigenvalue weighted by Gasteiger charge is 2.30. The first-order valence-corrected chi connectivity index (χ1v) is 9.26. The van der Waals surface area contributed by atoms with Gasteiger partial charge in [-0.2, -0.15) is 0 Å². The molecule has 1 atom stereocenters. The number of benzene rings is 1. The Morgan fingerprint density at radius 2 is 1.76 bits per heavy atom. The van der Waals surface area contributed by atoms with Crippen molar-refractivity contribution in [3.63, 3.8) is 0 Å². The van der Waals surface area contributed by atoms with Crippen LogP contribution in [0.5, 0.6) is 0 Å². The molecule has 0 aliphatic rings.